The van der Waals surface area contributed by atoms with Crippen LogP contribution in [0, 0.1) is 0 Å². The first-order chi connectivity index (χ1) is 21.3. The number of carbonyl (C=O) groups excluding carboxylic acids is 5. The molecule has 7 N–H and O–H groups in total. The number of nitrogens with one attached hydrogen (secondary N) is 3. The van der Waals surface area contributed by atoms with Gasteiger partial charge < -0.3 is 41.7 Å². The third-order valence-electron chi connectivity index (χ3n) is 7.77. The minimum atomic E-state index is -1.74. The minimum Gasteiger partial charge on any atom is -0.481 e. The lowest BCUT2D eigenvalue weighted by Crippen LogP contribution is -2.59. The summed E-state index contributed by atoms with van der Waals surface area (Å²) < 4.78 is 0. The maximum Gasteiger partial charge on any atom is 0.326 e. The largest absolute Gasteiger partial charge is 0.481 e. The van der Waals surface area contributed by atoms with Crippen LogP contribution in [0.5, 0.6) is 0 Å². The van der Waals surface area contributed by atoms with Gasteiger partial charge in [-0.2, -0.15) is 12.6 Å². The van der Waals surface area contributed by atoms with Gasteiger partial charge in [-0.1, -0.05) is 30.3 Å². The highest BCUT2D eigenvalue weighted by atomic mass is 32.1. The zero-order valence-corrected chi connectivity index (χ0v) is 25.8. The molecule has 15 nitrogen and oxygen atoms in total. The molecule has 6 atom stereocenters. The second-order valence-corrected chi connectivity index (χ2v) is 11.5. The topological polar surface area (TPSA) is 229 Å². The van der Waals surface area contributed by atoms with E-state index in [1.807, 2.05) is 0 Å². The van der Waals surface area contributed by atoms with E-state index < -0.39 is 72.3 Å². The number of hydrogen-bond acceptors (Lipinski definition) is 9. The third-order valence-corrected chi connectivity index (χ3v) is 8.14. The van der Waals surface area contributed by atoms with Crippen molar-refractivity contribution in [1.82, 2.24) is 25.8 Å². The van der Waals surface area contributed by atoms with Crippen LogP contribution in [0.2, 0.25) is 0 Å². The van der Waals surface area contributed by atoms with Crippen LogP contribution in [0.1, 0.15) is 44.6 Å². The zero-order chi connectivity index (χ0) is 33.3. The van der Waals surface area contributed by atoms with Crippen molar-refractivity contribution in [3.8, 4) is 0 Å². The van der Waals surface area contributed by atoms with E-state index in [-0.39, 0.29) is 24.0 Å². The highest BCUT2D eigenvalue weighted by molar-refractivity contribution is 7.80. The fourth-order valence-electron chi connectivity index (χ4n) is 5.48. The first-order valence-electron chi connectivity index (χ1n) is 14.7. The van der Waals surface area contributed by atoms with E-state index in [0.717, 1.165) is 0 Å². The number of nitrogens with zero attached hydrogens (tertiary/aromatic N) is 2. The lowest BCUT2D eigenvalue weighted by molar-refractivity contribution is -0.147. The fraction of sp³-hybridized carbons (Fsp3) is 0.552. The molecule has 16 heteroatoms. The summed E-state index contributed by atoms with van der Waals surface area (Å²) in [5, 5.41) is 25.5. The van der Waals surface area contributed by atoms with Crippen molar-refractivity contribution in [2.24, 2.45) is 5.73 Å². The van der Waals surface area contributed by atoms with Crippen molar-refractivity contribution >= 4 is 54.1 Å². The number of benzene rings is 1. The van der Waals surface area contributed by atoms with Crippen molar-refractivity contribution < 1.29 is 43.8 Å². The molecule has 2 heterocycles. The molecule has 0 saturated carbocycles. The summed E-state index contributed by atoms with van der Waals surface area (Å²) in [6.45, 7) is 2.24. The smallest absolute Gasteiger partial charge is 0.326 e. The lowest BCUT2D eigenvalue weighted by atomic mass is 10.0. The summed E-state index contributed by atoms with van der Waals surface area (Å²) in [7, 11) is 0. The molecule has 2 saturated heterocycles. The van der Waals surface area contributed by atoms with E-state index in [9.17, 15) is 38.7 Å². The standard InChI is InChI=1S/C29H40N6O9S/c1-16(30)27(41)35-12-6-10-22(35)28(42)34-11-5-9-21(34)26(40)31-18(13-17-7-3-2-4-8-17)24(38)33-20(15-45)25(39)32-19(29(43)44)14-23(36)37/h2-4,7-8,16,18-22,45H,5-6,9-15,30H2,1H3,(H,31,40)(H,32,39)(H,33,38)(H,36,37)(H,43,44)/t16-,18-,19-,20-,21-,22-/m0/s1. The molecule has 0 spiro atoms. The van der Waals surface area contributed by atoms with E-state index in [0.29, 0.717) is 44.3 Å². The van der Waals surface area contributed by atoms with E-state index in [4.69, 9.17) is 10.8 Å². The Labute approximate surface area is 265 Å². The molecule has 2 fully saturated rings. The predicted octanol–water partition coefficient (Wildman–Crippen LogP) is -1.50. The summed E-state index contributed by atoms with van der Waals surface area (Å²) >= 11 is 4.09. The highest BCUT2D eigenvalue weighted by Gasteiger charge is 2.43. The molecule has 0 bridgehead atoms. The third kappa shape index (κ3) is 9.41. The molecule has 1 aromatic carbocycles. The Morgan fingerprint density at radius 3 is 2.02 bits per heavy atom. The van der Waals surface area contributed by atoms with Gasteiger partial charge >= 0.3 is 11.9 Å². The Kier molecular flexibility index (Phi) is 12.7. The van der Waals surface area contributed by atoms with Gasteiger partial charge in [-0.25, -0.2) is 4.79 Å². The van der Waals surface area contributed by atoms with Crippen molar-refractivity contribution in [1.29, 1.82) is 0 Å². The molecular weight excluding hydrogens is 608 g/mol. The molecule has 3 rings (SSSR count). The van der Waals surface area contributed by atoms with Gasteiger partial charge in [-0.3, -0.25) is 28.8 Å². The predicted molar refractivity (Wildman–Crippen MR) is 163 cm³/mol. The van der Waals surface area contributed by atoms with Crippen molar-refractivity contribution in [3.05, 3.63) is 35.9 Å². The van der Waals surface area contributed by atoms with Gasteiger partial charge in [0.15, 0.2) is 0 Å². The van der Waals surface area contributed by atoms with Crippen LogP contribution in [0.15, 0.2) is 30.3 Å². The molecule has 45 heavy (non-hydrogen) atoms. The first-order valence-corrected chi connectivity index (χ1v) is 15.3. The van der Waals surface area contributed by atoms with Crippen molar-refractivity contribution in [2.45, 2.75) is 81.7 Å². The quantitative estimate of drug-likeness (QED) is 0.116. The van der Waals surface area contributed by atoms with Crippen LogP contribution < -0.4 is 21.7 Å². The summed E-state index contributed by atoms with van der Waals surface area (Å²) in [5.74, 6) is -6.29. The molecule has 1 aromatic rings. The average molecular weight is 649 g/mol. The van der Waals surface area contributed by atoms with E-state index in [1.165, 1.54) is 9.80 Å². The number of rotatable bonds is 14. The summed E-state index contributed by atoms with van der Waals surface area (Å²) in [6.07, 6.45) is 1.10. The highest BCUT2D eigenvalue weighted by Crippen LogP contribution is 2.25. The molecule has 246 valence electrons. The minimum absolute atomic E-state index is 0.0239. The van der Waals surface area contributed by atoms with Crippen LogP contribution in [0.25, 0.3) is 0 Å². The van der Waals surface area contributed by atoms with Gasteiger partial charge in [-0.15, -0.1) is 0 Å². The van der Waals surface area contributed by atoms with Crippen molar-refractivity contribution in [2.75, 3.05) is 18.8 Å². The van der Waals surface area contributed by atoms with E-state index in [1.54, 1.807) is 37.3 Å². The fourth-order valence-corrected chi connectivity index (χ4v) is 5.74. The van der Waals surface area contributed by atoms with Crippen LogP contribution >= 0.6 is 12.6 Å². The number of likely N-dealkylation sites (tertiary alicyclic amines) is 2. The van der Waals surface area contributed by atoms with Gasteiger partial charge in [0.2, 0.25) is 29.5 Å². The summed E-state index contributed by atoms with van der Waals surface area (Å²) in [6, 6.07) is 2.07. The van der Waals surface area contributed by atoms with Gasteiger partial charge in [0, 0.05) is 25.3 Å². The Morgan fingerprint density at radius 1 is 0.867 bits per heavy atom. The van der Waals surface area contributed by atoms with Gasteiger partial charge in [0.05, 0.1) is 12.5 Å². The Hall–Kier alpha value is -4.18. The SMILES string of the molecule is C[C@H](N)C(=O)N1CCC[C@H]1C(=O)N1CCC[C@H]1C(=O)N[C@@H](Cc1ccccc1)C(=O)N[C@@H](CS)C(=O)N[C@@H](CC(=O)O)C(=O)O. The molecule has 5 amide bonds. The lowest BCUT2D eigenvalue weighted by Gasteiger charge is -2.32. The maximum atomic E-state index is 13.6. The number of nitrogens with two attached hydrogens (primary N) is 1. The molecular formula is C29H40N6O9S. The second-order valence-electron chi connectivity index (χ2n) is 11.2. The molecule has 2 aliphatic rings. The molecule has 0 aliphatic carbocycles. The van der Waals surface area contributed by atoms with Crippen molar-refractivity contribution in [3.63, 3.8) is 0 Å². The Bertz CT molecular complexity index is 1280. The zero-order valence-electron chi connectivity index (χ0n) is 24.9. The van der Waals surface area contributed by atoms with Gasteiger partial charge in [0.1, 0.15) is 30.2 Å². The Morgan fingerprint density at radius 2 is 1.44 bits per heavy atom. The number of carboxylic acid groups (broad SMARTS) is 2. The molecule has 2 aliphatic heterocycles. The number of amides is 5. The first kappa shape index (κ1) is 35.3. The second kappa shape index (κ2) is 16.2. The number of hydrogen-bond donors (Lipinski definition) is 7. The van der Waals surface area contributed by atoms with E-state index in [2.05, 4.69) is 28.6 Å². The molecule has 0 radical (unpaired) electrons. The maximum absolute atomic E-state index is 13.6. The van der Waals surface area contributed by atoms with Gasteiger partial charge in [-0.05, 0) is 38.2 Å². The van der Waals surface area contributed by atoms with Crippen LogP contribution in [0.4, 0.5) is 0 Å². The summed E-state index contributed by atoms with van der Waals surface area (Å²) in [5.41, 5.74) is 6.46. The van der Waals surface area contributed by atoms with Gasteiger partial charge in [0.25, 0.3) is 0 Å². The number of carbonyl (C=O) groups is 7. The Balaban J connectivity index is 1.76. The number of thiol groups is 1. The molecule has 0 unspecified atom stereocenters. The van der Waals surface area contributed by atoms with Crippen LogP contribution in [-0.4, -0.2) is 117 Å². The average Bonchev–Trinajstić information content (AvgIpc) is 3.69. The molecule has 0 aromatic heterocycles. The number of carboxylic acids is 2. The summed E-state index contributed by atoms with van der Waals surface area (Å²) in [4.78, 5) is 91.4. The van der Waals surface area contributed by atoms with Crippen LogP contribution in [-0.2, 0) is 40.0 Å². The van der Waals surface area contributed by atoms with E-state index >= 15 is 0 Å². The van der Waals surface area contributed by atoms with Crippen LogP contribution in [0.3, 0.4) is 0 Å². The normalized spacial score (nSPS) is 20.4. The monoisotopic (exact) mass is 648 g/mol. The number of aliphatic carboxylic acids is 2.